The highest BCUT2D eigenvalue weighted by molar-refractivity contribution is 7.89. The van der Waals surface area contributed by atoms with Crippen molar-refractivity contribution in [3.63, 3.8) is 0 Å². The van der Waals surface area contributed by atoms with Crippen molar-refractivity contribution in [3.05, 3.63) is 54.1 Å². The number of anilines is 1. The third-order valence-electron chi connectivity index (χ3n) is 4.39. The molecule has 1 saturated carbocycles. The first-order valence-corrected chi connectivity index (χ1v) is 10.1. The molecule has 0 spiro atoms. The lowest BCUT2D eigenvalue weighted by Crippen LogP contribution is -2.19. The summed E-state index contributed by atoms with van der Waals surface area (Å²) in [5.41, 5.74) is 0.892. The van der Waals surface area contributed by atoms with Crippen LogP contribution in [0.5, 0.6) is 5.75 Å². The fourth-order valence-corrected chi connectivity index (χ4v) is 3.72. The summed E-state index contributed by atoms with van der Waals surface area (Å²) >= 11 is 0. The monoisotopic (exact) mass is 374 g/mol. The first kappa shape index (κ1) is 18.4. The average Bonchev–Trinajstić information content (AvgIpc) is 3.16. The summed E-state index contributed by atoms with van der Waals surface area (Å²) in [7, 11) is -2.26. The van der Waals surface area contributed by atoms with E-state index >= 15 is 0 Å². The number of carbonyl (C=O) groups excluding carboxylic acids is 1. The first-order chi connectivity index (χ1) is 12.5. The summed E-state index contributed by atoms with van der Waals surface area (Å²) < 4.78 is 31.8. The number of hydrogen-bond donors (Lipinski definition) is 2. The summed E-state index contributed by atoms with van der Waals surface area (Å²) in [6.07, 6.45) is 4.88. The molecule has 0 saturated heterocycles. The summed E-state index contributed by atoms with van der Waals surface area (Å²) in [6.45, 7) is 0. The largest absolute Gasteiger partial charge is 0.490 e. The van der Waals surface area contributed by atoms with Gasteiger partial charge in [-0.2, -0.15) is 0 Å². The molecule has 2 aromatic rings. The van der Waals surface area contributed by atoms with Gasteiger partial charge in [0.2, 0.25) is 10.0 Å². The smallest absolute Gasteiger partial charge is 0.255 e. The molecule has 3 rings (SSSR count). The van der Waals surface area contributed by atoms with Gasteiger partial charge in [-0.05, 0) is 75.2 Å². The molecule has 7 heteroatoms. The third-order valence-corrected chi connectivity index (χ3v) is 5.80. The number of nitrogens with one attached hydrogen (secondary N) is 2. The van der Waals surface area contributed by atoms with E-state index in [9.17, 15) is 13.2 Å². The Morgan fingerprint density at radius 1 is 1.08 bits per heavy atom. The number of rotatable bonds is 6. The Bertz CT molecular complexity index is 873. The van der Waals surface area contributed by atoms with Crippen LogP contribution in [-0.2, 0) is 10.0 Å². The van der Waals surface area contributed by atoms with E-state index in [0.29, 0.717) is 5.69 Å². The Morgan fingerprint density at radius 2 is 1.77 bits per heavy atom. The minimum atomic E-state index is -3.59. The molecule has 0 unspecified atom stereocenters. The first-order valence-electron chi connectivity index (χ1n) is 8.59. The van der Waals surface area contributed by atoms with E-state index in [1.807, 2.05) is 12.1 Å². The van der Waals surface area contributed by atoms with E-state index < -0.39 is 10.0 Å². The SMILES string of the molecule is CNS(=O)(=O)c1cccc(C(=O)Nc2ccc(OC3CCCC3)cc2)c1. The normalized spacial score (nSPS) is 15.0. The lowest BCUT2D eigenvalue weighted by atomic mass is 10.2. The Morgan fingerprint density at radius 3 is 2.42 bits per heavy atom. The average molecular weight is 374 g/mol. The number of sulfonamides is 1. The van der Waals surface area contributed by atoms with E-state index in [1.165, 1.54) is 38.1 Å². The van der Waals surface area contributed by atoms with Crippen LogP contribution >= 0.6 is 0 Å². The maximum Gasteiger partial charge on any atom is 0.255 e. The topological polar surface area (TPSA) is 84.5 Å². The molecule has 26 heavy (non-hydrogen) atoms. The Labute approximate surface area is 153 Å². The van der Waals surface area contributed by atoms with Crippen LogP contribution in [-0.4, -0.2) is 27.5 Å². The molecule has 1 amide bonds. The summed E-state index contributed by atoms with van der Waals surface area (Å²) in [6, 6.07) is 13.1. The van der Waals surface area contributed by atoms with Crippen molar-refractivity contribution in [1.82, 2.24) is 4.72 Å². The van der Waals surface area contributed by atoms with Crippen molar-refractivity contribution in [1.29, 1.82) is 0 Å². The molecule has 0 atom stereocenters. The summed E-state index contributed by atoms with van der Waals surface area (Å²) in [4.78, 5) is 12.4. The van der Waals surface area contributed by atoms with Gasteiger partial charge in [0.1, 0.15) is 5.75 Å². The molecule has 0 heterocycles. The van der Waals surface area contributed by atoms with Crippen LogP contribution in [0.1, 0.15) is 36.0 Å². The van der Waals surface area contributed by atoms with Gasteiger partial charge in [-0.25, -0.2) is 13.1 Å². The zero-order valence-electron chi connectivity index (χ0n) is 14.6. The van der Waals surface area contributed by atoms with Crippen LogP contribution in [0.3, 0.4) is 0 Å². The van der Waals surface area contributed by atoms with Gasteiger partial charge in [0.05, 0.1) is 11.0 Å². The van der Waals surface area contributed by atoms with Crippen molar-refractivity contribution < 1.29 is 17.9 Å². The van der Waals surface area contributed by atoms with Crippen LogP contribution in [0.4, 0.5) is 5.69 Å². The van der Waals surface area contributed by atoms with E-state index in [-0.39, 0.29) is 22.5 Å². The molecule has 138 valence electrons. The molecule has 1 fully saturated rings. The van der Waals surface area contributed by atoms with Crippen LogP contribution in [0, 0.1) is 0 Å². The molecular formula is C19H22N2O4S. The van der Waals surface area contributed by atoms with Gasteiger partial charge in [0, 0.05) is 11.3 Å². The standard InChI is InChI=1S/C19H22N2O4S/c1-20-26(23,24)18-8-4-5-14(13-18)19(22)21-15-9-11-17(12-10-15)25-16-6-2-3-7-16/h4-5,8-13,16,20H,2-3,6-7H2,1H3,(H,21,22). The zero-order valence-corrected chi connectivity index (χ0v) is 15.4. The Kier molecular flexibility index (Phi) is 5.58. The lowest BCUT2D eigenvalue weighted by Gasteiger charge is -2.13. The second kappa shape index (κ2) is 7.88. The molecule has 6 nitrogen and oxygen atoms in total. The fourth-order valence-electron chi connectivity index (χ4n) is 2.94. The van der Waals surface area contributed by atoms with Crippen LogP contribution in [0.2, 0.25) is 0 Å². The predicted molar refractivity (Wildman–Crippen MR) is 100.0 cm³/mol. The van der Waals surface area contributed by atoms with E-state index in [4.69, 9.17) is 4.74 Å². The van der Waals surface area contributed by atoms with Crippen LogP contribution < -0.4 is 14.8 Å². The van der Waals surface area contributed by atoms with Gasteiger partial charge >= 0.3 is 0 Å². The van der Waals surface area contributed by atoms with Crippen molar-refractivity contribution in [2.75, 3.05) is 12.4 Å². The van der Waals surface area contributed by atoms with Crippen LogP contribution in [0.25, 0.3) is 0 Å². The molecule has 2 aromatic carbocycles. The summed E-state index contributed by atoms with van der Waals surface area (Å²) in [5.74, 6) is 0.416. The predicted octanol–water partition coefficient (Wildman–Crippen LogP) is 3.17. The highest BCUT2D eigenvalue weighted by Gasteiger charge is 2.17. The van der Waals surface area contributed by atoms with Crippen molar-refractivity contribution in [2.24, 2.45) is 0 Å². The Balaban J connectivity index is 1.67. The molecular weight excluding hydrogens is 352 g/mol. The van der Waals surface area contributed by atoms with Gasteiger partial charge in [-0.15, -0.1) is 0 Å². The van der Waals surface area contributed by atoms with Gasteiger partial charge in [-0.3, -0.25) is 4.79 Å². The zero-order chi connectivity index (χ0) is 18.6. The molecule has 1 aliphatic rings. The molecule has 1 aliphatic carbocycles. The highest BCUT2D eigenvalue weighted by Crippen LogP contribution is 2.25. The van der Waals surface area contributed by atoms with Crippen LogP contribution in [0.15, 0.2) is 53.4 Å². The quantitative estimate of drug-likeness (QED) is 0.813. The second-order valence-electron chi connectivity index (χ2n) is 6.24. The molecule has 2 N–H and O–H groups in total. The van der Waals surface area contributed by atoms with E-state index in [1.54, 1.807) is 18.2 Å². The van der Waals surface area contributed by atoms with Gasteiger partial charge in [0.15, 0.2) is 0 Å². The van der Waals surface area contributed by atoms with Gasteiger partial charge < -0.3 is 10.1 Å². The number of carbonyl (C=O) groups is 1. The van der Waals surface area contributed by atoms with Crippen molar-refractivity contribution in [2.45, 2.75) is 36.7 Å². The summed E-state index contributed by atoms with van der Waals surface area (Å²) in [5, 5.41) is 2.77. The molecule has 0 radical (unpaired) electrons. The van der Waals surface area contributed by atoms with Gasteiger partial charge in [0.25, 0.3) is 5.91 Å². The molecule has 0 bridgehead atoms. The number of ether oxygens (including phenoxy) is 1. The number of benzene rings is 2. The van der Waals surface area contributed by atoms with Crippen molar-refractivity contribution in [3.8, 4) is 5.75 Å². The van der Waals surface area contributed by atoms with E-state index in [2.05, 4.69) is 10.0 Å². The molecule has 0 aliphatic heterocycles. The molecule has 0 aromatic heterocycles. The maximum absolute atomic E-state index is 12.4. The third kappa shape index (κ3) is 4.42. The lowest BCUT2D eigenvalue weighted by molar-refractivity contribution is 0.102. The van der Waals surface area contributed by atoms with Gasteiger partial charge in [-0.1, -0.05) is 6.07 Å². The fraction of sp³-hybridized carbons (Fsp3) is 0.316. The minimum absolute atomic E-state index is 0.0490. The number of hydrogen-bond acceptors (Lipinski definition) is 4. The highest BCUT2D eigenvalue weighted by atomic mass is 32.2. The van der Waals surface area contributed by atoms with Crippen molar-refractivity contribution >= 4 is 21.6 Å². The second-order valence-corrected chi connectivity index (χ2v) is 8.12. The number of amides is 1. The maximum atomic E-state index is 12.4. The van der Waals surface area contributed by atoms with E-state index in [0.717, 1.165) is 18.6 Å². The Hall–Kier alpha value is -2.38. The minimum Gasteiger partial charge on any atom is -0.490 e.